The van der Waals surface area contributed by atoms with Crippen LogP contribution in [0.3, 0.4) is 0 Å². The molecule has 1 aliphatic heterocycles. The van der Waals surface area contributed by atoms with E-state index in [1.165, 1.54) is 6.92 Å². The molecule has 1 rings (SSSR count). The first-order chi connectivity index (χ1) is 8.20. The van der Waals surface area contributed by atoms with Crippen LogP contribution >= 0.6 is 12.4 Å². The van der Waals surface area contributed by atoms with Crippen molar-refractivity contribution in [1.82, 2.24) is 10.2 Å². The Morgan fingerprint density at radius 2 is 2.16 bits per heavy atom. The van der Waals surface area contributed by atoms with Gasteiger partial charge in [-0.3, -0.25) is 9.59 Å². The molecule has 2 atom stereocenters. The largest absolute Gasteiger partial charge is 0.406 e. The number of piperidine rings is 1. The SMILES string of the molecule is CC(N)C(=O)NC1CCCN(CC(F)(F)F)C1=O.Cl. The van der Waals surface area contributed by atoms with Gasteiger partial charge in [-0.05, 0) is 19.8 Å². The van der Waals surface area contributed by atoms with E-state index >= 15 is 0 Å². The van der Waals surface area contributed by atoms with Crippen molar-refractivity contribution in [2.45, 2.75) is 38.0 Å². The topological polar surface area (TPSA) is 75.4 Å². The molecule has 19 heavy (non-hydrogen) atoms. The summed E-state index contributed by atoms with van der Waals surface area (Å²) in [4.78, 5) is 23.8. The van der Waals surface area contributed by atoms with Crippen LogP contribution in [0.4, 0.5) is 13.2 Å². The van der Waals surface area contributed by atoms with Gasteiger partial charge in [-0.25, -0.2) is 0 Å². The first-order valence-electron chi connectivity index (χ1n) is 5.62. The minimum absolute atomic E-state index is 0. The summed E-state index contributed by atoms with van der Waals surface area (Å²) in [6.07, 6.45) is -3.67. The molecule has 112 valence electrons. The summed E-state index contributed by atoms with van der Waals surface area (Å²) < 4.78 is 36.7. The van der Waals surface area contributed by atoms with Crippen molar-refractivity contribution in [3.05, 3.63) is 0 Å². The molecule has 3 N–H and O–H groups in total. The summed E-state index contributed by atoms with van der Waals surface area (Å²) in [6, 6.07) is -1.70. The molecule has 0 aliphatic carbocycles. The van der Waals surface area contributed by atoms with E-state index in [1.807, 2.05) is 0 Å². The number of nitrogens with two attached hydrogens (primary N) is 1. The third-order valence-electron chi connectivity index (χ3n) is 2.63. The lowest BCUT2D eigenvalue weighted by molar-refractivity contribution is -0.165. The highest BCUT2D eigenvalue weighted by molar-refractivity contribution is 5.89. The maximum atomic E-state index is 12.2. The van der Waals surface area contributed by atoms with E-state index in [2.05, 4.69) is 5.32 Å². The van der Waals surface area contributed by atoms with Crippen molar-refractivity contribution in [2.75, 3.05) is 13.1 Å². The first-order valence-corrected chi connectivity index (χ1v) is 5.62. The number of nitrogens with zero attached hydrogens (tertiary/aromatic N) is 1. The minimum Gasteiger partial charge on any atom is -0.343 e. The number of carbonyl (C=O) groups is 2. The zero-order valence-electron chi connectivity index (χ0n) is 10.4. The van der Waals surface area contributed by atoms with Gasteiger partial charge < -0.3 is 16.0 Å². The van der Waals surface area contributed by atoms with Gasteiger partial charge in [0.2, 0.25) is 11.8 Å². The third kappa shape index (κ3) is 5.65. The number of hydrogen-bond acceptors (Lipinski definition) is 3. The second kappa shape index (κ2) is 6.95. The molecular formula is C10H17ClF3N3O2. The van der Waals surface area contributed by atoms with E-state index in [0.29, 0.717) is 12.8 Å². The van der Waals surface area contributed by atoms with Gasteiger partial charge in [-0.2, -0.15) is 13.2 Å². The fourth-order valence-electron chi connectivity index (χ4n) is 1.75. The monoisotopic (exact) mass is 303 g/mol. The minimum atomic E-state index is -4.43. The van der Waals surface area contributed by atoms with Gasteiger partial charge >= 0.3 is 6.18 Å². The molecule has 1 heterocycles. The standard InChI is InChI=1S/C10H16F3N3O2.ClH/c1-6(14)8(17)15-7-3-2-4-16(9(7)18)5-10(11,12)13;/h6-7H,2-5,14H2,1H3,(H,15,17);1H. The van der Waals surface area contributed by atoms with E-state index < -0.39 is 36.6 Å². The van der Waals surface area contributed by atoms with E-state index in [4.69, 9.17) is 5.73 Å². The molecule has 5 nitrogen and oxygen atoms in total. The number of halogens is 4. The zero-order valence-corrected chi connectivity index (χ0v) is 11.2. The molecule has 1 saturated heterocycles. The number of rotatable bonds is 3. The molecule has 0 aromatic heterocycles. The summed E-state index contributed by atoms with van der Waals surface area (Å²) in [5.41, 5.74) is 5.32. The fraction of sp³-hybridized carbons (Fsp3) is 0.800. The Kier molecular flexibility index (Phi) is 6.58. The van der Waals surface area contributed by atoms with Crippen molar-refractivity contribution in [2.24, 2.45) is 5.73 Å². The van der Waals surface area contributed by atoms with Gasteiger partial charge in [-0.1, -0.05) is 0 Å². The van der Waals surface area contributed by atoms with E-state index in [1.54, 1.807) is 0 Å². The van der Waals surface area contributed by atoms with Crippen LogP contribution < -0.4 is 11.1 Å². The van der Waals surface area contributed by atoms with Gasteiger partial charge in [0.1, 0.15) is 12.6 Å². The van der Waals surface area contributed by atoms with Crippen molar-refractivity contribution >= 4 is 24.2 Å². The van der Waals surface area contributed by atoms with Crippen LogP contribution in [0.1, 0.15) is 19.8 Å². The maximum Gasteiger partial charge on any atom is 0.406 e. The summed E-state index contributed by atoms with van der Waals surface area (Å²) in [5, 5.41) is 2.36. The van der Waals surface area contributed by atoms with Crippen LogP contribution in [0.25, 0.3) is 0 Å². The molecular weight excluding hydrogens is 287 g/mol. The number of alkyl halides is 3. The second-order valence-corrected chi connectivity index (χ2v) is 4.37. The Balaban J connectivity index is 0.00000324. The number of nitrogens with one attached hydrogen (secondary N) is 1. The average molecular weight is 304 g/mol. The molecule has 1 fully saturated rings. The Bertz CT molecular complexity index is 336. The summed E-state index contributed by atoms with van der Waals surface area (Å²) in [7, 11) is 0. The van der Waals surface area contributed by atoms with E-state index in [-0.39, 0.29) is 19.0 Å². The Morgan fingerprint density at radius 3 is 2.63 bits per heavy atom. The highest BCUT2D eigenvalue weighted by atomic mass is 35.5. The van der Waals surface area contributed by atoms with Gasteiger partial charge in [0.25, 0.3) is 0 Å². The lowest BCUT2D eigenvalue weighted by atomic mass is 10.0. The van der Waals surface area contributed by atoms with Crippen LogP contribution in [0.15, 0.2) is 0 Å². The Labute approximate surface area is 115 Å². The highest BCUT2D eigenvalue weighted by Gasteiger charge is 2.37. The molecule has 0 radical (unpaired) electrons. The quantitative estimate of drug-likeness (QED) is 0.794. The number of hydrogen-bond donors (Lipinski definition) is 2. The van der Waals surface area contributed by atoms with Crippen molar-refractivity contribution in [1.29, 1.82) is 0 Å². The van der Waals surface area contributed by atoms with Gasteiger partial charge in [-0.15, -0.1) is 12.4 Å². The molecule has 2 unspecified atom stereocenters. The summed E-state index contributed by atoms with van der Waals surface area (Å²) in [5.74, 6) is -1.24. The molecule has 9 heteroatoms. The second-order valence-electron chi connectivity index (χ2n) is 4.37. The van der Waals surface area contributed by atoms with Gasteiger partial charge in [0.15, 0.2) is 0 Å². The molecule has 2 amide bonds. The molecule has 0 aromatic rings. The highest BCUT2D eigenvalue weighted by Crippen LogP contribution is 2.20. The van der Waals surface area contributed by atoms with Crippen LogP contribution in [0.2, 0.25) is 0 Å². The molecule has 0 saturated carbocycles. The van der Waals surface area contributed by atoms with Gasteiger partial charge in [0, 0.05) is 6.54 Å². The van der Waals surface area contributed by atoms with Crippen molar-refractivity contribution in [3.8, 4) is 0 Å². The van der Waals surface area contributed by atoms with Crippen LogP contribution in [-0.4, -0.2) is 48.1 Å². The lowest BCUT2D eigenvalue weighted by Gasteiger charge is -2.33. The van der Waals surface area contributed by atoms with Crippen LogP contribution in [-0.2, 0) is 9.59 Å². The average Bonchev–Trinajstić information content (AvgIpc) is 2.21. The predicted octanol–water partition coefficient (Wildman–Crippen LogP) is 0.425. The predicted molar refractivity (Wildman–Crippen MR) is 64.7 cm³/mol. The van der Waals surface area contributed by atoms with E-state index in [9.17, 15) is 22.8 Å². The Hall–Kier alpha value is -1.02. The third-order valence-corrected chi connectivity index (χ3v) is 2.63. The van der Waals surface area contributed by atoms with Crippen molar-refractivity contribution < 1.29 is 22.8 Å². The number of carbonyl (C=O) groups excluding carboxylic acids is 2. The van der Waals surface area contributed by atoms with Crippen LogP contribution in [0.5, 0.6) is 0 Å². The molecule has 0 bridgehead atoms. The summed E-state index contributed by atoms with van der Waals surface area (Å²) >= 11 is 0. The van der Waals surface area contributed by atoms with Crippen LogP contribution in [0, 0.1) is 0 Å². The fourth-order valence-corrected chi connectivity index (χ4v) is 1.75. The first kappa shape index (κ1) is 18.0. The Morgan fingerprint density at radius 1 is 1.58 bits per heavy atom. The molecule has 0 aromatic carbocycles. The lowest BCUT2D eigenvalue weighted by Crippen LogP contribution is -2.56. The van der Waals surface area contributed by atoms with E-state index in [0.717, 1.165) is 4.90 Å². The maximum absolute atomic E-state index is 12.2. The van der Waals surface area contributed by atoms with Gasteiger partial charge in [0.05, 0.1) is 6.04 Å². The normalized spacial score (nSPS) is 21.6. The zero-order chi connectivity index (χ0) is 13.9. The number of amides is 2. The molecule has 0 spiro atoms. The smallest absolute Gasteiger partial charge is 0.343 e. The summed E-state index contributed by atoms with van der Waals surface area (Å²) in [6.45, 7) is 0.218. The molecule has 1 aliphatic rings. The van der Waals surface area contributed by atoms with Crippen molar-refractivity contribution in [3.63, 3.8) is 0 Å². The number of likely N-dealkylation sites (tertiary alicyclic amines) is 1.